The summed E-state index contributed by atoms with van der Waals surface area (Å²) >= 11 is 0. The number of carbonyl (C=O) groups is 2. The van der Waals surface area contributed by atoms with E-state index in [4.69, 9.17) is 14.2 Å². The monoisotopic (exact) mass is 404 g/mol. The first-order chi connectivity index (χ1) is 13.8. The van der Waals surface area contributed by atoms with E-state index in [0.29, 0.717) is 24.4 Å². The van der Waals surface area contributed by atoms with E-state index >= 15 is 0 Å². The molecule has 3 atom stereocenters. The summed E-state index contributed by atoms with van der Waals surface area (Å²) in [7, 11) is 1.27. The molecule has 0 aliphatic carbocycles. The summed E-state index contributed by atoms with van der Waals surface area (Å²) in [4.78, 5) is 38.5. The van der Waals surface area contributed by atoms with Crippen LogP contribution in [-0.4, -0.2) is 54.4 Å². The van der Waals surface area contributed by atoms with Crippen LogP contribution in [0.2, 0.25) is 0 Å². The molecule has 0 radical (unpaired) electrons. The Morgan fingerprint density at radius 2 is 2.14 bits per heavy atom. The Kier molecular flexibility index (Phi) is 5.61. The maximum Gasteiger partial charge on any atom is 0.336 e. The van der Waals surface area contributed by atoms with E-state index in [1.807, 2.05) is 4.90 Å². The minimum Gasteiger partial charge on any atom is -0.469 e. The van der Waals surface area contributed by atoms with Gasteiger partial charge in [0.2, 0.25) is 0 Å². The summed E-state index contributed by atoms with van der Waals surface area (Å²) in [6.45, 7) is 6.28. The molecule has 0 spiro atoms. The fourth-order valence-corrected chi connectivity index (χ4v) is 4.40. The summed E-state index contributed by atoms with van der Waals surface area (Å²) in [5, 5.41) is 11.3. The maximum absolute atomic E-state index is 12.9. The number of nitro groups is 1. The number of methoxy groups -OCH3 is 1. The second-order valence-electron chi connectivity index (χ2n) is 7.10. The van der Waals surface area contributed by atoms with E-state index in [-0.39, 0.29) is 17.9 Å². The molecule has 0 N–H and O–H groups in total. The predicted molar refractivity (Wildman–Crippen MR) is 102 cm³/mol. The molecule has 156 valence electrons. The molecule has 3 rings (SSSR count). The molecule has 9 heteroatoms. The van der Waals surface area contributed by atoms with Crippen LogP contribution in [0.25, 0.3) is 0 Å². The van der Waals surface area contributed by atoms with Gasteiger partial charge in [-0.15, -0.1) is 0 Å². The highest BCUT2D eigenvalue weighted by Gasteiger charge is 2.58. The summed E-state index contributed by atoms with van der Waals surface area (Å²) < 4.78 is 16.3. The van der Waals surface area contributed by atoms with Gasteiger partial charge in [0, 0.05) is 30.3 Å². The molecule has 2 aliphatic rings. The SMILES string of the molecule is CCOC(=O)C1=C(C)N2CCOC2(C)C(C(=O)OC)C1c1cccc([N+](=O)[O-])c1. The molecule has 1 aromatic rings. The quantitative estimate of drug-likeness (QED) is 0.418. The van der Waals surface area contributed by atoms with Crippen LogP contribution >= 0.6 is 0 Å². The number of nitrogens with zero attached hydrogens (tertiary/aromatic N) is 2. The standard InChI is InChI=1S/C20H24N2O7/c1-5-28-18(23)15-12(2)21-9-10-29-20(21,3)17(19(24)27-4)16(15)13-7-6-8-14(11-13)22(25)26/h6-8,11,16-17H,5,9-10H2,1-4H3. The molecular formula is C20H24N2O7. The first-order valence-corrected chi connectivity index (χ1v) is 9.37. The first kappa shape index (κ1) is 20.8. The van der Waals surface area contributed by atoms with Crippen LogP contribution in [0.15, 0.2) is 35.5 Å². The Morgan fingerprint density at radius 1 is 1.41 bits per heavy atom. The van der Waals surface area contributed by atoms with Crippen LogP contribution in [-0.2, 0) is 23.8 Å². The molecule has 0 aromatic heterocycles. The summed E-state index contributed by atoms with van der Waals surface area (Å²) in [6, 6.07) is 5.93. The lowest BCUT2D eigenvalue weighted by Crippen LogP contribution is -2.57. The van der Waals surface area contributed by atoms with Crippen LogP contribution in [0, 0.1) is 16.0 Å². The van der Waals surface area contributed by atoms with Gasteiger partial charge in [-0.05, 0) is 26.3 Å². The van der Waals surface area contributed by atoms with Gasteiger partial charge in [-0.25, -0.2) is 4.79 Å². The molecule has 2 heterocycles. The molecule has 3 unspecified atom stereocenters. The van der Waals surface area contributed by atoms with Crippen molar-refractivity contribution in [1.82, 2.24) is 4.90 Å². The number of fused-ring (bicyclic) bond motifs is 1. The Morgan fingerprint density at radius 3 is 2.76 bits per heavy atom. The topological polar surface area (TPSA) is 108 Å². The van der Waals surface area contributed by atoms with Gasteiger partial charge in [0.25, 0.3) is 5.69 Å². The fraction of sp³-hybridized carbons (Fsp3) is 0.500. The Labute approximate surface area is 168 Å². The van der Waals surface area contributed by atoms with E-state index in [0.717, 1.165) is 0 Å². The van der Waals surface area contributed by atoms with Gasteiger partial charge in [0.15, 0.2) is 5.72 Å². The predicted octanol–water partition coefficient (Wildman–Crippen LogP) is 2.37. The van der Waals surface area contributed by atoms with E-state index < -0.39 is 34.4 Å². The lowest BCUT2D eigenvalue weighted by molar-refractivity contribution is -0.384. The van der Waals surface area contributed by atoms with Crippen molar-refractivity contribution in [2.24, 2.45) is 5.92 Å². The lowest BCUT2D eigenvalue weighted by atomic mass is 9.71. The van der Waals surface area contributed by atoms with Gasteiger partial charge < -0.3 is 19.1 Å². The second-order valence-corrected chi connectivity index (χ2v) is 7.10. The minimum atomic E-state index is -1.05. The van der Waals surface area contributed by atoms with Crippen LogP contribution in [0.1, 0.15) is 32.3 Å². The van der Waals surface area contributed by atoms with Crippen molar-refractivity contribution < 1.29 is 28.7 Å². The number of hydrogen-bond acceptors (Lipinski definition) is 8. The van der Waals surface area contributed by atoms with Gasteiger partial charge in [0.05, 0.1) is 30.8 Å². The van der Waals surface area contributed by atoms with Gasteiger partial charge >= 0.3 is 11.9 Å². The van der Waals surface area contributed by atoms with E-state index in [1.165, 1.54) is 25.3 Å². The molecule has 1 aromatic carbocycles. The van der Waals surface area contributed by atoms with Crippen molar-refractivity contribution in [1.29, 1.82) is 0 Å². The van der Waals surface area contributed by atoms with Gasteiger partial charge in [-0.2, -0.15) is 0 Å². The number of esters is 2. The zero-order valence-electron chi connectivity index (χ0n) is 16.8. The zero-order chi connectivity index (χ0) is 21.3. The van der Waals surface area contributed by atoms with Crippen LogP contribution in [0.3, 0.4) is 0 Å². The average molecular weight is 404 g/mol. The van der Waals surface area contributed by atoms with Crippen molar-refractivity contribution in [3.8, 4) is 0 Å². The molecule has 0 bridgehead atoms. The Bertz CT molecular complexity index is 881. The first-order valence-electron chi connectivity index (χ1n) is 9.37. The van der Waals surface area contributed by atoms with E-state index in [2.05, 4.69) is 0 Å². The van der Waals surface area contributed by atoms with Crippen LogP contribution in [0.5, 0.6) is 0 Å². The highest BCUT2D eigenvalue weighted by atomic mass is 16.6. The number of allylic oxidation sites excluding steroid dienone is 1. The van der Waals surface area contributed by atoms with Gasteiger partial charge in [-0.1, -0.05) is 12.1 Å². The largest absolute Gasteiger partial charge is 0.469 e. The number of rotatable bonds is 5. The maximum atomic E-state index is 12.9. The summed E-state index contributed by atoms with van der Waals surface area (Å²) in [5.74, 6) is -2.87. The van der Waals surface area contributed by atoms with E-state index in [1.54, 1.807) is 26.8 Å². The highest BCUT2D eigenvalue weighted by Crippen LogP contribution is 2.51. The number of carbonyl (C=O) groups excluding carboxylic acids is 2. The van der Waals surface area contributed by atoms with Crippen LogP contribution in [0.4, 0.5) is 5.69 Å². The van der Waals surface area contributed by atoms with Crippen molar-refractivity contribution in [2.45, 2.75) is 32.4 Å². The van der Waals surface area contributed by atoms with Gasteiger partial charge in [-0.3, -0.25) is 14.9 Å². The fourth-order valence-electron chi connectivity index (χ4n) is 4.40. The number of non-ortho nitro benzene ring substituents is 1. The van der Waals surface area contributed by atoms with Gasteiger partial charge in [0.1, 0.15) is 5.92 Å². The third-order valence-electron chi connectivity index (χ3n) is 5.65. The second kappa shape index (κ2) is 7.82. The molecule has 2 aliphatic heterocycles. The third kappa shape index (κ3) is 3.35. The summed E-state index contributed by atoms with van der Waals surface area (Å²) in [6.07, 6.45) is 0. The number of benzene rings is 1. The molecule has 0 saturated carbocycles. The van der Waals surface area contributed by atoms with Crippen molar-refractivity contribution in [3.63, 3.8) is 0 Å². The molecule has 29 heavy (non-hydrogen) atoms. The molecule has 1 fully saturated rings. The van der Waals surface area contributed by atoms with Crippen molar-refractivity contribution in [2.75, 3.05) is 26.9 Å². The number of hydrogen-bond donors (Lipinski definition) is 0. The zero-order valence-corrected chi connectivity index (χ0v) is 16.8. The molecule has 1 saturated heterocycles. The minimum absolute atomic E-state index is 0.132. The smallest absolute Gasteiger partial charge is 0.336 e. The highest BCUT2D eigenvalue weighted by molar-refractivity contribution is 5.93. The summed E-state index contributed by atoms with van der Waals surface area (Å²) in [5.41, 5.74) is 0.175. The molecular weight excluding hydrogens is 380 g/mol. The third-order valence-corrected chi connectivity index (χ3v) is 5.65. The number of ether oxygens (including phenoxy) is 3. The normalized spacial score (nSPS) is 26.1. The van der Waals surface area contributed by atoms with E-state index in [9.17, 15) is 19.7 Å². The lowest BCUT2D eigenvalue weighted by Gasteiger charge is -2.48. The van der Waals surface area contributed by atoms with Crippen molar-refractivity contribution >= 4 is 17.6 Å². The Balaban J connectivity index is 2.28. The van der Waals surface area contributed by atoms with Crippen LogP contribution < -0.4 is 0 Å². The average Bonchev–Trinajstić information content (AvgIpc) is 3.10. The Hall–Kier alpha value is -2.94. The van der Waals surface area contributed by atoms with Crippen molar-refractivity contribution in [3.05, 3.63) is 51.2 Å². The number of nitro benzene ring substituents is 1. The molecule has 0 amide bonds. The molecule has 9 nitrogen and oxygen atoms in total.